The second-order valence-electron chi connectivity index (χ2n) is 5.68. The Balaban J connectivity index is 2.29. The normalized spacial score (nSPS) is 23.0. The van der Waals surface area contributed by atoms with Crippen LogP contribution < -0.4 is 5.73 Å². The molecule has 104 valence electrons. The predicted octanol–water partition coefficient (Wildman–Crippen LogP) is 2.91. The minimum atomic E-state index is -0.106. The maximum Gasteiger partial charge on any atom is 0.192 e. The molecular formula is C15H23N3S. The van der Waals surface area contributed by atoms with E-state index in [1.807, 2.05) is 0 Å². The third-order valence-electron chi connectivity index (χ3n) is 3.68. The van der Waals surface area contributed by atoms with Gasteiger partial charge in [-0.2, -0.15) is 0 Å². The molecule has 0 fully saturated rings. The fraction of sp³-hybridized carbons (Fsp3) is 0.533. The van der Waals surface area contributed by atoms with Gasteiger partial charge in [-0.1, -0.05) is 26.0 Å². The lowest BCUT2D eigenvalue weighted by atomic mass is 9.90. The fourth-order valence-electron chi connectivity index (χ4n) is 2.52. The summed E-state index contributed by atoms with van der Waals surface area (Å²) in [6.07, 6.45) is 2.10. The van der Waals surface area contributed by atoms with Crippen molar-refractivity contribution in [2.75, 3.05) is 19.3 Å². The number of nitrogens with two attached hydrogens (primary N) is 1. The second-order valence-corrected chi connectivity index (χ2v) is 6.56. The molecule has 0 bridgehead atoms. The summed E-state index contributed by atoms with van der Waals surface area (Å²) in [6.45, 7) is 8.33. The van der Waals surface area contributed by atoms with Gasteiger partial charge in [-0.15, -0.1) is 11.8 Å². The molecule has 0 radical (unpaired) electrons. The van der Waals surface area contributed by atoms with Gasteiger partial charge in [-0.3, -0.25) is 4.99 Å². The van der Waals surface area contributed by atoms with Crippen LogP contribution in [0.1, 0.15) is 26.3 Å². The topological polar surface area (TPSA) is 41.6 Å². The van der Waals surface area contributed by atoms with E-state index in [1.54, 1.807) is 11.8 Å². The summed E-state index contributed by atoms with van der Waals surface area (Å²) in [5.41, 5.74) is 7.25. The zero-order valence-corrected chi connectivity index (χ0v) is 13.0. The van der Waals surface area contributed by atoms with Crippen molar-refractivity contribution in [3.8, 4) is 0 Å². The molecule has 1 heterocycles. The number of thioether (sulfide) groups is 1. The van der Waals surface area contributed by atoms with Crippen molar-refractivity contribution in [3.05, 3.63) is 29.8 Å². The molecule has 1 aliphatic rings. The Morgan fingerprint density at radius 3 is 2.53 bits per heavy atom. The standard InChI is InChI=1S/C15H23N3S/c1-11(2)9-18-14(16)17-10-15(18,3)12-5-7-13(19-4)8-6-12/h5-8,11H,9-10H2,1-4H3,(H2,16,17). The lowest BCUT2D eigenvalue weighted by Crippen LogP contribution is -2.48. The van der Waals surface area contributed by atoms with E-state index in [-0.39, 0.29) is 5.54 Å². The van der Waals surface area contributed by atoms with Crippen LogP contribution in [0, 0.1) is 5.92 Å². The zero-order chi connectivity index (χ0) is 14.0. The summed E-state index contributed by atoms with van der Waals surface area (Å²) in [6, 6.07) is 8.75. The molecule has 0 spiro atoms. The molecular weight excluding hydrogens is 254 g/mol. The highest BCUT2D eigenvalue weighted by Crippen LogP contribution is 2.34. The van der Waals surface area contributed by atoms with E-state index < -0.39 is 0 Å². The third-order valence-corrected chi connectivity index (χ3v) is 4.42. The number of guanidine groups is 1. The van der Waals surface area contributed by atoms with Gasteiger partial charge in [0.05, 0.1) is 12.1 Å². The van der Waals surface area contributed by atoms with Crippen molar-refractivity contribution in [2.45, 2.75) is 31.2 Å². The number of hydrogen-bond donors (Lipinski definition) is 1. The van der Waals surface area contributed by atoms with Crippen molar-refractivity contribution in [2.24, 2.45) is 16.6 Å². The van der Waals surface area contributed by atoms with Gasteiger partial charge in [-0.05, 0) is 36.8 Å². The van der Waals surface area contributed by atoms with Crippen LogP contribution in [0.3, 0.4) is 0 Å². The van der Waals surface area contributed by atoms with E-state index in [0.717, 1.165) is 13.1 Å². The quantitative estimate of drug-likeness (QED) is 0.860. The van der Waals surface area contributed by atoms with Gasteiger partial charge in [-0.25, -0.2) is 0 Å². The highest BCUT2D eigenvalue weighted by atomic mass is 32.2. The first-order valence-electron chi connectivity index (χ1n) is 6.69. The van der Waals surface area contributed by atoms with Crippen LogP contribution in [0.15, 0.2) is 34.2 Å². The molecule has 0 saturated heterocycles. The van der Waals surface area contributed by atoms with Crippen LogP contribution in [0.5, 0.6) is 0 Å². The van der Waals surface area contributed by atoms with Gasteiger partial charge in [0, 0.05) is 11.4 Å². The third kappa shape index (κ3) is 2.73. The lowest BCUT2D eigenvalue weighted by Gasteiger charge is -2.37. The van der Waals surface area contributed by atoms with Gasteiger partial charge < -0.3 is 10.6 Å². The molecule has 0 saturated carbocycles. The number of nitrogens with zero attached hydrogens (tertiary/aromatic N) is 2. The highest BCUT2D eigenvalue weighted by molar-refractivity contribution is 7.98. The van der Waals surface area contributed by atoms with Gasteiger partial charge in [0.2, 0.25) is 0 Å². The van der Waals surface area contributed by atoms with Crippen LogP contribution in [-0.4, -0.2) is 30.2 Å². The Morgan fingerprint density at radius 2 is 2.00 bits per heavy atom. The molecule has 3 nitrogen and oxygen atoms in total. The predicted molar refractivity (Wildman–Crippen MR) is 83.6 cm³/mol. The number of hydrogen-bond acceptors (Lipinski definition) is 4. The Labute approximate surface area is 120 Å². The zero-order valence-electron chi connectivity index (χ0n) is 12.2. The largest absolute Gasteiger partial charge is 0.370 e. The van der Waals surface area contributed by atoms with E-state index in [0.29, 0.717) is 11.9 Å². The van der Waals surface area contributed by atoms with Crippen molar-refractivity contribution in [1.29, 1.82) is 0 Å². The minimum absolute atomic E-state index is 0.106. The van der Waals surface area contributed by atoms with Gasteiger partial charge >= 0.3 is 0 Å². The first-order chi connectivity index (χ1) is 8.97. The van der Waals surface area contributed by atoms with Crippen LogP contribution in [0.25, 0.3) is 0 Å². The molecule has 2 rings (SSSR count). The van der Waals surface area contributed by atoms with E-state index >= 15 is 0 Å². The molecule has 2 N–H and O–H groups in total. The molecule has 0 aliphatic carbocycles. The van der Waals surface area contributed by atoms with Gasteiger partial charge in [0.1, 0.15) is 0 Å². The van der Waals surface area contributed by atoms with E-state index in [4.69, 9.17) is 5.73 Å². The number of aliphatic imine (C=N–C) groups is 1. The van der Waals surface area contributed by atoms with Crippen molar-refractivity contribution in [1.82, 2.24) is 4.90 Å². The number of benzene rings is 1. The molecule has 1 aromatic rings. The molecule has 1 aliphatic heterocycles. The van der Waals surface area contributed by atoms with Crippen molar-refractivity contribution >= 4 is 17.7 Å². The molecule has 0 amide bonds. The monoisotopic (exact) mass is 277 g/mol. The van der Waals surface area contributed by atoms with E-state index in [9.17, 15) is 0 Å². The Morgan fingerprint density at radius 1 is 1.37 bits per heavy atom. The summed E-state index contributed by atoms with van der Waals surface area (Å²) in [5, 5.41) is 0. The van der Waals surface area contributed by atoms with Crippen LogP contribution in [-0.2, 0) is 5.54 Å². The Hall–Kier alpha value is -1.16. The summed E-state index contributed by atoms with van der Waals surface area (Å²) in [7, 11) is 0. The number of rotatable bonds is 4. The van der Waals surface area contributed by atoms with Crippen molar-refractivity contribution < 1.29 is 0 Å². The molecule has 1 unspecified atom stereocenters. The van der Waals surface area contributed by atoms with Crippen molar-refractivity contribution in [3.63, 3.8) is 0 Å². The molecule has 4 heteroatoms. The first kappa shape index (κ1) is 14.3. The molecule has 0 aromatic heterocycles. The van der Waals surface area contributed by atoms with Gasteiger partial charge in [0.25, 0.3) is 0 Å². The summed E-state index contributed by atoms with van der Waals surface area (Å²) >= 11 is 1.76. The average Bonchev–Trinajstić information content (AvgIpc) is 2.68. The maximum absolute atomic E-state index is 6.07. The average molecular weight is 277 g/mol. The highest BCUT2D eigenvalue weighted by Gasteiger charge is 2.39. The second kappa shape index (κ2) is 5.45. The van der Waals surface area contributed by atoms with Crippen LogP contribution in [0.4, 0.5) is 0 Å². The molecule has 19 heavy (non-hydrogen) atoms. The van der Waals surface area contributed by atoms with Crippen LogP contribution >= 0.6 is 11.8 Å². The maximum atomic E-state index is 6.07. The lowest BCUT2D eigenvalue weighted by molar-refractivity contribution is 0.204. The Kier molecular flexibility index (Phi) is 4.09. The SMILES string of the molecule is CSc1ccc(C2(C)CN=C(N)N2CC(C)C)cc1. The van der Waals surface area contributed by atoms with Gasteiger partial charge in [0.15, 0.2) is 5.96 Å². The van der Waals surface area contributed by atoms with E-state index in [1.165, 1.54) is 10.5 Å². The molecule has 1 aromatic carbocycles. The first-order valence-corrected chi connectivity index (χ1v) is 7.92. The van der Waals surface area contributed by atoms with Crippen LogP contribution in [0.2, 0.25) is 0 Å². The summed E-state index contributed by atoms with van der Waals surface area (Å²) in [4.78, 5) is 7.99. The molecule has 1 atom stereocenters. The Bertz CT molecular complexity index is 467. The minimum Gasteiger partial charge on any atom is -0.370 e. The van der Waals surface area contributed by atoms with E-state index in [2.05, 4.69) is 61.2 Å². The summed E-state index contributed by atoms with van der Waals surface area (Å²) in [5.74, 6) is 1.24. The smallest absolute Gasteiger partial charge is 0.192 e. The summed E-state index contributed by atoms with van der Waals surface area (Å²) < 4.78 is 0. The fourth-order valence-corrected chi connectivity index (χ4v) is 2.92.